The summed E-state index contributed by atoms with van der Waals surface area (Å²) < 4.78 is 9.85. The van der Waals surface area contributed by atoms with Crippen LogP contribution in [0.2, 0.25) is 0 Å². The van der Waals surface area contributed by atoms with Crippen LogP contribution in [0, 0.1) is 0 Å². The highest BCUT2D eigenvalue weighted by Crippen LogP contribution is 2.30. The van der Waals surface area contributed by atoms with E-state index in [4.69, 9.17) is 14.3 Å². The van der Waals surface area contributed by atoms with Crippen LogP contribution in [0.1, 0.15) is 22.4 Å². The number of rotatable bonds is 2. The molecule has 1 aliphatic heterocycles. The van der Waals surface area contributed by atoms with Crippen LogP contribution in [-0.2, 0) is 4.74 Å². The summed E-state index contributed by atoms with van der Waals surface area (Å²) >= 11 is 0. The number of hydrogen-bond donors (Lipinski definition) is 1. The molecule has 0 amide bonds. The van der Waals surface area contributed by atoms with Gasteiger partial charge in [-0.2, -0.15) is 0 Å². The maximum Gasteiger partial charge on any atom is 0.371 e. The molecule has 1 fully saturated rings. The summed E-state index contributed by atoms with van der Waals surface area (Å²) in [5.74, 6) is -0.477. The second-order valence-corrected chi connectivity index (χ2v) is 2.33. The highest BCUT2D eigenvalue weighted by atomic mass is 16.6. The maximum absolute atomic E-state index is 10.3. The van der Waals surface area contributed by atoms with Crippen LogP contribution in [0.5, 0.6) is 0 Å². The van der Waals surface area contributed by atoms with Gasteiger partial charge >= 0.3 is 5.97 Å². The molecule has 0 aromatic carbocycles. The zero-order valence-electron chi connectivity index (χ0n) is 5.61. The van der Waals surface area contributed by atoms with Crippen molar-refractivity contribution in [1.29, 1.82) is 0 Å². The quantitative estimate of drug-likeness (QED) is 0.646. The Morgan fingerprint density at radius 1 is 1.64 bits per heavy atom. The van der Waals surface area contributed by atoms with E-state index in [0.717, 1.165) is 0 Å². The van der Waals surface area contributed by atoms with Gasteiger partial charge in [-0.25, -0.2) is 4.79 Å². The van der Waals surface area contributed by atoms with Gasteiger partial charge in [0.25, 0.3) is 0 Å². The lowest BCUT2D eigenvalue weighted by Crippen LogP contribution is -1.91. The average Bonchev–Trinajstić information content (AvgIpc) is 2.68. The molecule has 1 aromatic heterocycles. The second-order valence-electron chi connectivity index (χ2n) is 2.33. The van der Waals surface area contributed by atoms with Crippen LogP contribution in [0.15, 0.2) is 16.5 Å². The Labute approximate surface area is 62.4 Å². The smallest absolute Gasteiger partial charge is 0.371 e. The minimum absolute atomic E-state index is 0.0110. The molecule has 0 bridgehead atoms. The molecule has 11 heavy (non-hydrogen) atoms. The molecule has 1 N–H and O–H groups in total. The Morgan fingerprint density at radius 3 is 2.82 bits per heavy atom. The van der Waals surface area contributed by atoms with Crippen LogP contribution >= 0.6 is 0 Å². The van der Waals surface area contributed by atoms with Gasteiger partial charge in [-0.1, -0.05) is 0 Å². The first kappa shape index (κ1) is 6.42. The normalized spacial score (nSPS) is 21.6. The lowest BCUT2D eigenvalue weighted by Gasteiger charge is -1.85. The third-order valence-electron chi connectivity index (χ3n) is 1.49. The van der Waals surface area contributed by atoms with E-state index >= 15 is 0 Å². The topological polar surface area (TPSA) is 63.0 Å². The molecule has 0 aliphatic carbocycles. The predicted octanol–water partition coefficient (Wildman–Crippen LogP) is 1.05. The lowest BCUT2D eigenvalue weighted by atomic mass is 10.3. The highest BCUT2D eigenvalue weighted by molar-refractivity contribution is 5.84. The molecule has 0 saturated carbocycles. The van der Waals surface area contributed by atoms with Gasteiger partial charge in [0.05, 0.1) is 6.61 Å². The van der Waals surface area contributed by atoms with Gasteiger partial charge < -0.3 is 14.3 Å². The van der Waals surface area contributed by atoms with Crippen molar-refractivity contribution in [3.63, 3.8) is 0 Å². The molecule has 1 atom stereocenters. The number of carbonyl (C=O) groups is 1. The van der Waals surface area contributed by atoms with Gasteiger partial charge in [0, 0.05) is 0 Å². The van der Waals surface area contributed by atoms with Crippen molar-refractivity contribution in [1.82, 2.24) is 0 Å². The number of epoxide rings is 1. The summed E-state index contributed by atoms with van der Waals surface area (Å²) in [6, 6.07) is 3.06. The number of furan rings is 1. The van der Waals surface area contributed by atoms with E-state index in [1.165, 1.54) is 6.07 Å². The van der Waals surface area contributed by atoms with Gasteiger partial charge in [0.1, 0.15) is 11.9 Å². The lowest BCUT2D eigenvalue weighted by molar-refractivity contribution is 0.0659. The number of carboxylic acids is 1. The summed E-state index contributed by atoms with van der Waals surface area (Å²) in [6.45, 7) is 0.632. The number of aromatic carboxylic acids is 1. The molecule has 1 unspecified atom stereocenters. The summed E-state index contributed by atoms with van der Waals surface area (Å²) in [5, 5.41) is 8.47. The van der Waals surface area contributed by atoms with Crippen LogP contribution in [0.25, 0.3) is 0 Å². The SMILES string of the molecule is O=C(O)c1ccc(C2CO2)o1. The Bertz CT molecular complexity index is 284. The van der Waals surface area contributed by atoms with Crippen LogP contribution in [0.3, 0.4) is 0 Å². The zero-order chi connectivity index (χ0) is 7.84. The first-order chi connectivity index (χ1) is 5.27. The van der Waals surface area contributed by atoms with E-state index in [0.29, 0.717) is 12.4 Å². The first-order valence-corrected chi connectivity index (χ1v) is 3.22. The Morgan fingerprint density at radius 2 is 2.36 bits per heavy atom. The van der Waals surface area contributed by atoms with Crippen LogP contribution in [-0.4, -0.2) is 17.7 Å². The Kier molecular flexibility index (Phi) is 1.22. The van der Waals surface area contributed by atoms with E-state index in [1.807, 2.05) is 0 Å². The number of hydrogen-bond acceptors (Lipinski definition) is 3. The average molecular weight is 154 g/mol. The van der Waals surface area contributed by atoms with E-state index in [-0.39, 0.29) is 11.9 Å². The summed E-state index contributed by atoms with van der Waals surface area (Å²) in [5.41, 5.74) is 0. The van der Waals surface area contributed by atoms with Crippen molar-refractivity contribution in [2.75, 3.05) is 6.61 Å². The van der Waals surface area contributed by atoms with E-state index in [1.54, 1.807) is 6.07 Å². The molecule has 2 rings (SSSR count). The fourth-order valence-electron chi connectivity index (χ4n) is 0.853. The monoisotopic (exact) mass is 154 g/mol. The van der Waals surface area contributed by atoms with Crippen LogP contribution < -0.4 is 0 Å². The van der Waals surface area contributed by atoms with E-state index in [2.05, 4.69) is 0 Å². The van der Waals surface area contributed by atoms with Crippen molar-refractivity contribution in [2.45, 2.75) is 6.10 Å². The first-order valence-electron chi connectivity index (χ1n) is 3.22. The highest BCUT2D eigenvalue weighted by Gasteiger charge is 2.28. The van der Waals surface area contributed by atoms with E-state index in [9.17, 15) is 4.79 Å². The molecule has 1 aliphatic rings. The van der Waals surface area contributed by atoms with Gasteiger partial charge in [-0.3, -0.25) is 0 Å². The summed E-state index contributed by atoms with van der Waals surface area (Å²) in [7, 11) is 0. The molecule has 4 nitrogen and oxygen atoms in total. The summed E-state index contributed by atoms with van der Waals surface area (Å²) in [4.78, 5) is 10.3. The van der Waals surface area contributed by atoms with Crippen molar-refractivity contribution < 1.29 is 19.1 Å². The minimum atomic E-state index is -1.04. The molecule has 1 aromatic rings. The molecule has 4 heteroatoms. The molecule has 0 radical (unpaired) electrons. The number of carboxylic acid groups (broad SMARTS) is 1. The van der Waals surface area contributed by atoms with Crippen molar-refractivity contribution in [2.24, 2.45) is 0 Å². The molecule has 2 heterocycles. The molecule has 0 spiro atoms. The van der Waals surface area contributed by atoms with Gasteiger partial charge in [0.2, 0.25) is 5.76 Å². The third-order valence-corrected chi connectivity index (χ3v) is 1.49. The second kappa shape index (κ2) is 2.10. The number of ether oxygens (including phenoxy) is 1. The van der Waals surface area contributed by atoms with Crippen LogP contribution in [0.4, 0.5) is 0 Å². The van der Waals surface area contributed by atoms with Crippen molar-refractivity contribution in [3.8, 4) is 0 Å². The van der Waals surface area contributed by atoms with Crippen molar-refractivity contribution >= 4 is 5.97 Å². The molecule has 58 valence electrons. The molecular formula is C7H6O4. The summed E-state index contributed by atoms with van der Waals surface area (Å²) in [6.07, 6.45) is -0.0110. The van der Waals surface area contributed by atoms with Crippen molar-refractivity contribution in [3.05, 3.63) is 23.7 Å². The maximum atomic E-state index is 10.3. The van der Waals surface area contributed by atoms with E-state index < -0.39 is 5.97 Å². The molecular weight excluding hydrogens is 148 g/mol. The van der Waals surface area contributed by atoms with Gasteiger partial charge in [-0.15, -0.1) is 0 Å². The van der Waals surface area contributed by atoms with Gasteiger partial charge in [0.15, 0.2) is 0 Å². The Balaban J connectivity index is 2.25. The Hall–Kier alpha value is -1.29. The third kappa shape index (κ3) is 1.12. The largest absolute Gasteiger partial charge is 0.475 e. The predicted molar refractivity (Wildman–Crippen MR) is 34.4 cm³/mol. The van der Waals surface area contributed by atoms with Gasteiger partial charge in [-0.05, 0) is 12.1 Å². The molecule has 1 saturated heterocycles. The zero-order valence-corrected chi connectivity index (χ0v) is 5.61. The minimum Gasteiger partial charge on any atom is -0.475 e. The fourth-order valence-corrected chi connectivity index (χ4v) is 0.853. The fraction of sp³-hybridized carbons (Fsp3) is 0.286. The standard InChI is InChI=1S/C7H6O4/c8-7(9)5-2-1-4(11-5)6-3-10-6/h1-2,6H,3H2,(H,8,9).